The van der Waals surface area contributed by atoms with Gasteiger partial charge < -0.3 is 10.6 Å². The van der Waals surface area contributed by atoms with Crippen LogP contribution in [0.4, 0.5) is 0 Å². The molecule has 0 aliphatic heterocycles. The summed E-state index contributed by atoms with van der Waals surface area (Å²) in [5, 5.41) is 10.8. The Labute approximate surface area is 148 Å². The van der Waals surface area contributed by atoms with Crippen LogP contribution in [0, 0.1) is 0 Å². The molecule has 2 aromatic heterocycles. The molecular weight excluding hydrogens is 391 g/mol. The summed E-state index contributed by atoms with van der Waals surface area (Å²) in [6.07, 6.45) is 6.46. The van der Waals surface area contributed by atoms with E-state index in [1.54, 1.807) is 24.1 Å². The zero-order chi connectivity index (χ0) is 15.1. The topological polar surface area (TPSA) is 67.1 Å². The van der Waals surface area contributed by atoms with Gasteiger partial charge in [-0.2, -0.15) is 5.10 Å². The van der Waals surface area contributed by atoms with Crippen molar-refractivity contribution in [3.63, 3.8) is 0 Å². The SMILES string of the molecule is CCC(C)NC(=NC)NCc1ccnc(-n2cccn2)c1.I. The van der Waals surface area contributed by atoms with Crippen LogP contribution in [0.25, 0.3) is 5.82 Å². The molecule has 0 aromatic carbocycles. The number of guanidine groups is 1. The van der Waals surface area contributed by atoms with Gasteiger partial charge in [0.15, 0.2) is 11.8 Å². The molecule has 0 saturated heterocycles. The summed E-state index contributed by atoms with van der Waals surface area (Å²) in [4.78, 5) is 8.54. The molecule has 22 heavy (non-hydrogen) atoms. The zero-order valence-corrected chi connectivity index (χ0v) is 15.5. The van der Waals surface area contributed by atoms with Crippen LogP contribution in [0.5, 0.6) is 0 Å². The van der Waals surface area contributed by atoms with E-state index in [2.05, 4.69) is 39.6 Å². The highest BCUT2D eigenvalue weighted by Crippen LogP contribution is 2.05. The lowest BCUT2D eigenvalue weighted by Crippen LogP contribution is -2.41. The van der Waals surface area contributed by atoms with Gasteiger partial charge in [0.1, 0.15) is 0 Å². The molecule has 2 aromatic rings. The van der Waals surface area contributed by atoms with Crippen molar-refractivity contribution in [2.75, 3.05) is 7.05 Å². The molecule has 120 valence electrons. The number of aromatic nitrogens is 3. The lowest BCUT2D eigenvalue weighted by molar-refractivity contribution is 0.624. The maximum Gasteiger partial charge on any atom is 0.191 e. The van der Waals surface area contributed by atoms with Crippen molar-refractivity contribution >= 4 is 29.9 Å². The zero-order valence-electron chi connectivity index (χ0n) is 13.2. The Morgan fingerprint density at radius 1 is 1.41 bits per heavy atom. The lowest BCUT2D eigenvalue weighted by atomic mass is 10.2. The van der Waals surface area contributed by atoms with Crippen molar-refractivity contribution in [3.05, 3.63) is 42.4 Å². The van der Waals surface area contributed by atoms with E-state index in [1.165, 1.54) is 0 Å². The minimum atomic E-state index is 0. The average molecular weight is 414 g/mol. The van der Waals surface area contributed by atoms with E-state index in [-0.39, 0.29) is 24.0 Å². The van der Waals surface area contributed by atoms with Gasteiger partial charge in [0.2, 0.25) is 0 Å². The maximum atomic E-state index is 4.32. The van der Waals surface area contributed by atoms with Crippen LogP contribution in [0.15, 0.2) is 41.8 Å². The Balaban J connectivity index is 0.00000242. The third-order valence-electron chi connectivity index (χ3n) is 3.23. The van der Waals surface area contributed by atoms with Crippen LogP contribution in [0.2, 0.25) is 0 Å². The van der Waals surface area contributed by atoms with Crippen molar-refractivity contribution in [3.8, 4) is 5.82 Å². The largest absolute Gasteiger partial charge is 0.354 e. The highest BCUT2D eigenvalue weighted by atomic mass is 127. The van der Waals surface area contributed by atoms with E-state index in [4.69, 9.17) is 0 Å². The van der Waals surface area contributed by atoms with Crippen LogP contribution in [0.1, 0.15) is 25.8 Å². The highest BCUT2D eigenvalue weighted by Gasteiger charge is 2.04. The lowest BCUT2D eigenvalue weighted by Gasteiger charge is -2.16. The molecular formula is C15H23IN6. The summed E-state index contributed by atoms with van der Waals surface area (Å²) in [7, 11) is 1.78. The molecule has 0 bridgehead atoms. The van der Waals surface area contributed by atoms with Gasteiger partial charge in [-0.1, -0.05) is 6.92 Å². The molecule has 0 radical (unpaired) electrons. The molecule has 2 N–H and O–H groups in total. The van der Waals surface area contributed by atoms with Gasteiger partial charge in [-0.3, -0.25) is 4.99 Å². The summed E-state index contributed by atoms with van der Waals surface area (Å²) in [6, 6.07) is 6.27. The van der Waals surface area contributed by atoms with Gasteiger partial charge in [-0.25, -0.2) is 9.67 Å². The molecule has 0 spiro atoms. The third-order valence-corrected chi connectivity index (χ3v) is 3.23. The second-order valence-electron chi connectivity index (χ2n) is 4.85. The van der Waals surface area contributed by atoms with Crippen molar-refractivity contribution in [2.24, 2.45) is 4.99 Å². The summed E-state index contributed by atoms with van der Waals surface area (Å²) < 4.78 is 1.75. The fraction of sp³-hybridized carbons (Fsp3) is 0.400. The maximum absolute atomic E-state index is 4.32. The quantitative estimate of drug-likeness (QED) is 0.448. The number of hydrogen-bond acceptors (Lipinski definition) is 3. The second kappa shape index (κ2) is 9.39. The highest BCUT2D eigenvalue weighted by molar-refractivity contribution is 14.0. The number of aliphatic imine (C=N–C) groups is 1. The smallest absolute Gasteiger partial charge is 0.191 e. The summed E-state index contributed by atoms with van der Waals surface area (Å²) in [6.45, 7) is 4.96. The number of pyridine rings is 1. The first-order valence-electron chi connectivity index (χ1n) is 7.15. The van der Waals surface area contributed by atoms with E-state index in [9.17, 15) is 0 Å². The molecule has 0 fully saturated rings. The minimum Gasteiger partial charge on any atom is -0.354 e. The average Bonchev–Trinajstić information content (AvgIpc) is 3.05. The molecule has 2 heterocycles. The van der Waals surface area contributed by atoms with Gasteiger partial charge in [-0.05, 0) is 37.1 Å². The van der Waals surface area contributed by atoms with Gasteiger partial charge in [0.25, 0.3) is 0 Å². The van der Waals surface area contributed by atoms with Gasteiger partial charge in [-0.15, -0.1) is 24.0 Å². The van der Waals surface area contributed by atoms with Crippen LogP contribution in [-0.2, 0) is 6.54 Å². The molecule has 2 rings (SSSR count). The van der Waals surface area contributed by atoms with Crippen molar-refractivity contribution < 1.29 is 0 Å². The standard InChI is InChI=1S/C15H22N6.HI/c1-4-12(2)20-15(16-3)18-11-13-6-8-17-14(10-13)21-9-5-7-19-21;/h5-10,12H,4,11H2,1-3H3,(H2,16,18,20);1H. The van der Waals surface area contributed by atoms with E-state index in [0.717, 1.165) is 23.8 Å². The fourth-order valence-electron chi connectivity index (χ4n) is 1.82. The number of nitrogens with zero attached hydrogens (tertiary/aromatic N) is 4. The minimum absolute atomic E-state index is 0. The Bertz CT molecular complexity index is 581. The first-order valence-corrected chi connectivity index (χ1v) is 7.15. The normalized spacial score (nSPS) is 12.4. The summed E-state index contributed by atoms with van der Waals surface area (Å²) >= 11 is 0. The predicted octanol–water partition coefficient (Wildman–Crippen LogP) is 2.35. The van der Waals surface area contributed by atoms with Crippen LogP contribution >= 0.6 is 24.0 Å². The summed E-state index contributed by atoms with van der Waals surface area (Å²) in [5.41, 5.74) is 1.13. The molecule has 7 heteroatoms. The number of hydrogen-bond donors (Lipinski definition) is 2. The summed E-state index contributed by atoms with van der Waals surface area (Å²) in [5.74, 6) is 1.62. The molecule has 1 unspecified atom stereocenters. The van der Waals surface area contributed by atoms with Crippen LogP contribution in [-0.4, -0.2) is 33.8 Å². The van der Waals surface area contributed by atoms with Gasteiger partial charge in [0.05, 0.1) is 0 Å². The monoisotopic (exact) mass is 414 g/mol. The van der Waals surface area contributed by atoms with Crippen LogP contribution in [0.3, 0.4) is 0 Å². The number of rotatable bonds is 5. The van der Waals surface area contributed by atoms with Crippen molar-refractivity contribution in [2.45, 2.75) is 32.9 Å². The van der Waals surface area contributed by atoms with E-state index in [1.807, 2.05) is 24.4 Å². The first-order chi connectivity index (χ1) is 10.2. The molecule has 0 aliphatic rings. The fourth-order valence-corrected chi connectivity index (χ4v) is 1.82. The predicted molar refractivity (Wildman–Crippen MR) is 99.9 cm³/mol. The molecule has 1 atom stereocenters. The Morgan fingerprint density at radius 3 is 2.86 bits per heavy atom. The third kappa shape index (κ3) is 5.28. The second-order valence-corrected chi connectivity index (χ2v) is 4.85. The van der Waals surface area contributed by atoms with Crippen LogP contribution < -0.4 is 10.6 Å². The van der Waals surface area contributed by atoms with Gasteiger partial charge in [0, 0.05) is 38.2 Å². The van der Waals surface area contributed by atoms with E-state index in [0.29, 0.717) is 12.6 Å². The Kier molecular flexibility index (Phi) is 7.86. The molecule has 0 saturated carbocycles. The van der Waals surface area contributed by atoms with E-state index >= 15 is 0 Å². The van der Waals surface area contributed by atoms with Crippen molar-refractivity contribution in [1.82, 2.24) is 25.4 Å². The molecule has 0 amide bonds. The Morgan fingerprint density at radius 2 is 2.23 bits per heavy atom. The van der Waals surface area contributed by atoms with Crippen molar-refractivity contribution in [1.29, 1.82) is 0 Å². The van der Waals surface area contributed by atoms with Gasteiger partial charge >= 0.3 is 0 Å². The Hall–Kier alpha value is -1.64. The van der Waals surface area contributed by atoms with E-state index < -0.39 is 0 Å². The first kappa shape index (κ1) is 18.4. The number of nitrogens with one attached hydrogen (secondary N) is 2. The molecule has 6 nitrogen and oxygen atoms in total. The molecule has 0 aliphatic carbocycles. The number of halogens is 1.